The van der Waals surface area contributed by atoms with Crippen LogP contribution in [-0.4, -0.2) is 11.3 Å². The minimum absolute atomic E-state index is 0.00872. The lowest BCUT2D eigenvalue weighted by Gasteiger charge is -2.48. The summed E-state index contributed by atoms with van der Waals surface area (Å²) in [6, 6.07) is 19.2. The quantitative estimate of drug-likeness (QED) is 0.546. The normalized spacial score (nSPS) is 24.6. The van der Waals surface area contributed by atoms with Gasteiger partial charge in [-0.3, -0.25) is 4.79 Å². The summed E-state index contributed by atoms with van der Waals surface area (Å²) in [4.78, 5) is 15.9. The first-order valence-electron chi connectivity index (χ1n) is 12.8. The highest BCUT2D eigenvalue weighted by Gasteiger charge is 2.44. The number of carbonyl (C=O) groups excluding carboxylic acids is 1. The average molecular weight is 482 g/mol. The second-order valence-corrected chi connectivity index (χ2v) is 12.0. The molecule has 0 saturated heterocycles. The van der Waals surface area contributed by atoms with Crippen LogP contribution in [0, 0.1) is 16.7 Å². The zero-order valence-corrected chi connectivity index (χ0v) is 21.9. The van der Waals surface area contributed by atoms with Gasteiger partial charge in [-0.05, 0) is 54.4 Å². The molecule has 0 amide bonds. The monoisotopic (exact) mass is 481 g/mol. The van der Waals surface area contributed by atoms with Crippen LogP contribution in [0.4, 0.5) is 5.69 Å². The molecule has 2 heterocycles. The highest BCUT2D eigenvalue weighted by molar-refractivity contribution is 6.00. The number of hydrogen-bond donors (Lipinski definition) is 1. The van der Waals surface area contributed by atoms with Crippen LogP contribution in [0.15, 0.2) is 71.3 Å². The number of Topliss-reactive ketones (excluding diaryl/α,β-unsaturated/α-hetero) is 1. The Morgan fingerprint density at radius 1 is 1.11 bits per heavy atom. The molecule has 3 aliphatic rings. The van der Waals surface area contributed by atoms with Crippen molar-refractivity contribution in [2.24, 2.45) is 11.1 Å². The number of anilines is 1. The van der Waals surface area contributed by atoms with Crippen molar-refractivity contribution in [1.29, 1.82) is 5.26 Å². The molecule has 186 valence electrons. The van der Waals surface area contributed by atoms with E-state index in [9.17, 15) is 10.1 Å². The molecule has 0 aromatic heterocycles. The third-order valence-electron chi connectivity index (χ3n) is 8.00. The minimum Gasteiger partial charge on any atom is -0.444 e. The van der Waals surface area contributed by atoms with E-state index >= 15 is 0 Å². The summed E-state index contributed by atoms with van der Waals surface area (Å²) in [5.41, 5.74) is 11.6. The maximum atomic E-state index is 13.4. The van der Waals surface area contributed by atoms with Crippen LogP contribution in [0.3, 0.4) is 0 Å². The van der Waals surface area contributed by atoms with Gasteiger partial charge in [-0.2, -0.15) is 5.26 Å². The van der Waals surface area contributed by atoms with Gasteiger partial charge in [0, 0.05) is 36.2 Å². The Bertz CT molecular complexity index is 1330. The summed E-state index contributed by atoms with van der Waals surface area (Å²) in [6.07, 6.45) is 2.07. The van der Waals surface area contributed by atoms with Crippen LogP contribution in [0.2, 0.25) is 0 Å². The number of benzene rings is 2. The van der Waals surface area contributed by atoms with Crippen LogP contribution in [0.1, 0.15) is 82.4 Å². The molecule has 0 radical (unpaired) electrons. The molecule has 2 N–H and O–H groups in total. The van der Waals surface area contributed by atoms with E-state index in [0.717, 1.165) is 18.5 Å². The lowest BCUT2D eigenvalue weighted by molar-refractivity contribution is -0.119. The molecule has 2 aromatic rings. The zero-order chi connectivity index (χ0) is 25.8. The van der Waals surface area contributed by atoms with E-state index in [1.165, 1.54) is 16.8 Å². The second kappa shape index (κ2) is 8.55. The van der Waals surface area contributed by atoms with E-state index in [-0.39, 0.29) is 22.6 Å². The van der Waals surface area contributed by atoms with Crippen LogP contribution >= 0.6 is 0 Å². The maximum Gasteiger partial charge on any atom is 0.205 e. The Labute approximate surface area is 214 Å². The van der Waals surface area contributed by atoms with Crippen LogP contribution in [0.5, 0.6) is 0 Å². The Balaban J connectivity index is 1.61. The number of ketones is 1. The van der Waals surface area contributed by atoms with Gasteiger partial charge in [0.25, 0.3) is 0 Å². The fourth-order valence-electron chi connectivity index (χ4n) is 6.37. The predicted molar refractivity (Wildman–Crippen MR) is 142 cm³/mol. The van der Waals surface area contributed by atoms with E-state index in [0.29, 0.717) is 35.7 Å². The van der Waals surface area contributed by atoms with Gasteiger partial charge in [0.1, 0.15) is 17.4 Å². The van der Waals surface area contributed by atoms with Crippen molar-refractivity contribution in [1.82, 2.24) is 0 Å². The predicted octanol–water partition coefficient (Wildman–Crippen LogP) is 6.43. The molecule has 2 atom stereocenters. The summed E-state index contributed by atoms with van der Waals surface area (Å²) in [5.74, 6) is 0.629. The van der Waals surface area contributed by atoms with Crippen molar-refractivity contribution in [2.45, 2.75) is 77.8 Å². The Kier molecular flexibility index (Phi) is 5.75. The van der Waals surface area contributed by atoms with Crippen molar-refractivity contribution in [3.63, 3.8) is 0 Å². The smallest absolute Gasteiger partial charge is 0.205 e. The molecule has 2 aromatic carbocycles. The van der Waals surface area contributed by atoms with Gasteiger partial charge in [-0.1, -0.05) is 63.2 Å². The zero-order valence-electron chi connectivity index (χ0n) is 21.9. The maximum absolute atomic E-state index is 13.4. The SMILES string of the molecule is CC1CC(C)(C)N(Cc2ccccc2)c2ccc(C3C(C#N)=C(N)OC4=C3C(=O)CC(C)(C)C4)cc21. The number of nitriles is 1. The molecule has 36 heavy (non-hydrogen) atoms. The van der Waals surface area contributed by atoms with Crippen molar-refractivity contribution in [3.8, 4) is 6.07 Å². The highest BCUT2D eigenvalue weighted by atomic mass is 16.5. The fourth-order valence-corrected chi connectivity index (χ4v) is 6.37. The van der Waals surface area contributed by atoms with Crippen molar-refractivity contribution >= 4 is 11.5 Å². The second-order valence-electron chi connectivity index (χ2n) is 12.0. The Hall–Kier alpha value is -3.52. The average Bonchev–Trinajstić information content (AvgIpc) is 2.80. The Morgan fingerprint density at radius 2 is 1.83 bits per heavy atom. The summed E-state index contributed by atoms with van der Waals surface area (Å²) < 4.78 is 5.88. The molecule has 0 fully saturated rings. The molecule has 5 rings (SSSR count). The van der Waals surface area contributed by atoms with Gasteiger partial charge in [-0.25, -0.2) is 0 Å². The Morgan fingerprint density at radius 3 is 2.53 bits per heavy atom. The molecule has 0 bridgehead atoms. The number of allylic oxidation sites excluding steroid dienone is 3. The first kappa shape index (κ1) is 24.2. The standard InChI is InChI=1S/C31H35N3O2/c1-19-14-31(4,5)34(18-20-9-7-6-8-10-20)24-12-11-21(13-22(19)24)27-23(17-32)29(33)36-26-16-30(2,3)15-25(35)28(26)27/h6-13,19,27H,14-16,18,33H2,1-5H3. The summed E-state index contributed by atoms with van der Waals surface area (Å²) in [7, 11) is 0. The van der Waals surface area contributed by atoms with E-state index in [4.69, 9.17) is 10.5 Å². The molecule has 5 nitrogen and oxygen atoms in total. The van der Waals surface area contributed by atoms with Crippen LogP contribution < -0.4 is 10.6 Å². The van der Waals surface area contributed by atoms with Gasteiger partial charge in [0.15, 0.2) is 5.78 Å². The van der Waals surface area contributed by atoms with E-state index < -0.39 is 5.92 Å². The highest BCUT2D eigenvalue weighted by Crippen LogP contribution is 2.50. The topological polar surface area (TPSA) is 79.3 Å². The number of fused-ring (bicyclic) bond motifs is 1. The molecule has 2 aliphatic heterocycles. The first-order valence-corrected chi connectivity index (χ1v) is 12.8. The largest absolute Gasteiger partial charge is 0.444 e. The van der Waals surface area contributed by atoms with E-state index in [1.54, 1.807) is 0 Å². The third-order valence-corrected chi connectivity index (χ3v) is 8.00. The molecule has 5 heteroatoms. The molecule has 1 aliphatic carbocycles. The number of rotatable bonds is 3. The van der Waals surface area contributed by atoms with E-state index in [2.05, 4.69) is 88.1 Å². The first-order chi connectivity index (χ1) is 17.0. The molecular weight excluding hydrogens is 446 g/mol. The van der Waals surface area contributed by atoms with Crippen LogP contribution in [-0.2, 0) is 16.1 Å². The van der Waals surface area contributed by atoms with Crippen molar-refractivity contribution < 1.29 is 9.53 Å². The number of nitrogens with zero attached hydrogens (tertiary/aromatic N) is 2. The fraction of sp³-hybridized carbons (Fsp3) is 0.419. The van der Waals surface area contributed by atoms with Crippen molar-refractivity contribution in [2.75, 3.05) is 4.90 Å². The number of ether oxygens (including phenoxy) is 1. The van der Waals surface area contributed by atoms with Gasteiger partial charge < -0.3 is 15.4 Å². The summed E-state index contributed by atoms with van der Waals surface area (Å²) >= 11 is 0. The number of nitrogens with two attached hydrogens (primary N) is 1. The molecule has 2 unspecified atom stereocenters. The molecule has 0 saturated carbocycles. The van der Waals surface area contributed by atoms with Crippen molar-refractivity contribution in [3.05, 3.63) is 88.0 Å². The van der Waals surface area contributed by atoms with Gasteiger partial charge in [0.05, 0.1) is 5.92 Å². The third kappa shape index (κ3) is 4.09. The molecule has 0 spiro atoms. The summed E-state index contributed by atoms with van der Waals surface area (Å²) in [5, 5.41) is 10.0. The van der Waals surface area contributed by atoms with Gasteiger partial charge in [0.2, 0.25) is 5.88 Å². The lowest BCUT2D eigenvalue weighted by Crippen LogP contribution is -2.47. The number of hydrogen-bond acceptors (Lipinski definition) is 5. The molecular formula is C31H35N3O2. The van der Waals surface area contributed by atoms with Crippen LogP contribution in [0.25, 0.3) is 0 Å². The minimum atomic E-state index is -0.489. The van der Waals surface area contributed by atoms with Gasteiger partial charge in [-0.15, -0.1) is 0 Å². The van der Waals surface area contributed by atoms with Gasteiger partial charge >= 0.3 is 0 Å². The lowest BCUT2D eigenvalue weighted by atomic mass is 9.69. The summed E-state index contributed by atoms with van der Waals surface area (Å²) in [6.45, 7) is 11.8. The number of carbonyl (C=O) groups is 1. The van der Waals surface area contributed by atoms with E-state index in [1.807, 2.05) is 6.07 Å².